The summed E-state index contributed by atoms with van der Waals surface area (Å²) in [6.45, 7) is 5.69. The maximum atomic E-state index is 5.73. The highest BCUT2D eigenvalue weighted by Crippen LogP contribution is 2.24. The standard InChI is InChI=1S/C22H32N4O2/c1-17-9-10-18(21(14-17)27-3)15-24-22(23-2)25-16-19(20-8-7-13-28-20)26-11-5-4-6-12-26/h7-10,13-14,19H,4-6,11-12,15-16H2,1-3H3,(H2,23,24,25). The first-order chi connectivity index (χ1) is 13.7. The number of methoxy groups -OCH3 is 1. The van der Waals surface area contributed by atoms with E-state index in [4.69, 9.17) is 9.15 Å². The van der Waals surface area contributed by atoms with Crippen LogP contribution in [0.5, 0.6) is 5.75 Å². The number of benzene rings is 1. The molecule has 1 atom stereocenters. The van der Waals surface area contributed by atoms with Crippen LogP contribution in [-0.2, 0) is 6.54 Å². The summed E-state index contributed by atoms with van der Waals surface area (Å²) in [6.07, 6.45) is 5.56. The highest BCUT2D eigenvalue weighted by atomic mass is 16.5. The molecule has 1 aliphatic rings. The summed E-state index contributed by atoms with van der Waals surface area (Å²) in [5.41, 5.74) is 2.29. The van der Waals surface area contributed by atoms with Crippen molar-refractivity contribution in [3.63, 3.8) is 0 Å². The Hall–Kier alpha value is -2.47. The number of aryl methyl sites for hydroxylation is 1. The van der Waals surface area contributed by atoms with Gasteiger partial charge in [-0.25, -0.2) is 0 Å². The predicted octanol–water partition coefficient (Wildman–Crippen LogP) is 3.49. The average molecular weight is 385 g/mol. The van der Waals surface area contributed by atoms with Gasteiger partial charge in [-0.3, -0.25) is 9.89 Å². The minimum Gasteiger partial charge on any atom is -0.496 e. The molecule has 3 rings (SSSR count). The lowest BCUT2D eigenvalue weighted by molar-refractivity contribution is 0.146. The Bertz CT molecular complexity index is 752. The molecule has 6 nitrogen and oxygen atoms in total. The Morgan fingerprint density at radius 1 is 1.21 bits per heavy atom. The first-order valence-corrected chi connectivity index (χ1v) is 10.1. The molecule has 6 heteroatoms. The molecule has 0 bridgehead atoms. The second kappa shape index (κ2) is 10.2. The van der Waals surface area contributed by atoms with Crippen molar-refractivity contribution in [3.8, 4) is 5.75 Å². The fourth-order valence-corrected chi connectivity index (χ4v) is 3.71. The average Bonchev–Trinajstić information content (AvgIpc) is 3.26. The van der Waals surface area contributed by atoms with Crippen molar-refractivity contribution in [2.75, 3.05) is 33.8 Å². The van der Waals surface area contributed by atoms with E-state index in [1.165, 1.54) is 24.8 Å². The first-order valence-electron chi connectivity index (χ1n) is 10.1. The minimum absolute atomic E-state index is 0.211. The van der Waals surface area contributed by atoms with Crippen LogP contribution >= 0.6 is 0 Å². The third-order valence-electron chi connectivity index (χ3n) is 5.28. The minimum atomic E-state index is 0.211. The summed E-state index contributed by atoms with van der Waals surface area (Å²) in [5.74, 6) is 2.67. The van der Waals surface area contributed by atoms with Crippen LogP contribution in [0.2, 0.25) is 0 Å². The van der Waals surface area contributed by atoms with E-state index < -0.39 is 0 Å². The molecule has 0 radical (unpaired) electrons. The van der Waals surface area contributed by atoms with Gasteiger partial charge in [-0.05, 0) is 56.6 Å². The molecule has 0 spiro atoms. The van der Waals surface area contributed by atoms with Gasteiger partial charge in [-0.1, -0.05) is 18.6 Å². The van der Waals surface area contributed by atoms with Gasteiger partial charge in [-0.2, -0.15) is 0 Å². The number of nitrogens with one attached hydrogen (secondary N) is 2. The number of hydrogen-bond acceptors (Lipinski definition) is 4. The van der Waals surface area contributed by atoms with Crippen LogP contribution < -0.4 is 15.4 Å². The van der Waals surface area contributed by atoms with Gasteiger partial charge in [0.2, 0.25) is 0 Å². The van der Waals surface area contributed by atoms with Crippen molar-refractivity contribution in [3.05, 3.63) is 53.5 Å². The van der Waals surface area contributed by atoms with Crippen LogP contribution in [-0.4, -0.2) is 44.7 Å². The van der Waals surface area contributed by atoms with Crippen molar-refractivity contribution >= 4 is 5.96 Å². The fourth-order valence-electron chi connectivity index (χ4n) is 3.71. The SMILES string of the molecule is CN=C(NCc1ccc(C)cc1OC)NCC(c1ccco1)N1CCCCC1. The third kappa shape index (κ3) is 5.29. The zero-order chi connectivity index (χ0) is 19.8. The summed E-state index contributed by atoms with van der Waals surface area (Å²) >= 11 is 0. The molecule has 2 N–H and O–H groups in total. The number of rotatable bonds is 7. The van der Waals surface area contributed by atoms with Gasteiger partial charge in [0, 0.05) is 25.7 Å². The largest absolute Gasteiger partial charge is 0.496 e. The lowest BCUT2D eigenvalue weighted by Gasteiger charge is -2.33. The predicted molar refractivity (Wildman–Crippen MR) is 113 cm³/mol. The van der Waals surface area contributed by atoms with Crippen LogP contribution in [0.3, 0.4) is 0 Å². The lowest BCUT2D eigenvalue weighted by Crippen LogP contribution is -2.44. The maximum absolute atomic E-state index is 5.73. The van der Waals surface area contributed by atoms with E-state index in [2.05, 4.69) is 51.7 Å². The number of piperidine rings is 1. The van der Waals surface area contributed by atoms with Crippen molar-refractivity contribution in [1.82, 2.24) is 15.5 Å². The number of guanidine groups is 1. The van der Waals surface area contributed by atoms with Crippen molar-refractivity contribution < 1.29 is 9.15 Å². The number of hydrogen-bond donors (Lipinski definition) is 2. The molecule has 0 aliphatic carbocycles. The van der Waals surface area contributed by atoms with Crippen molar-refractivity contribution in [2.24, 2.45) is 4.99 Å². The van der Waals surface area contributed by atoms with E-state index in [0.29, 0.717) is 6.54 Å². The Morgan fingerprint density at radius 3 is 2.71 bits per heavy atom. The molecule has 28 heavy (non-hydrogen) atoms. The molecular formula is C22H32N4O2. The van der Waals surface area contributed by atoms with E-state index in [0.717, 1.165) is 42.7 Å². The van der Waals surface area contributed by atoms with E-state index >= 15 is 0 Å². The van der Waals surface area contributed by atoms with Gasteiger partial charge in [0.15, 0.2) is 5.96 Å². The molecule has 2 heterocycles. The van der Waals surface area contributed by atoms with Gasteiger partial charge in [0.1, 0.15) is 11.5 Å². The number of likely N-dealkylation sites (tertiary alicyclic amines) is 1. The van der Waals surface area contributed by atoms with E-state index in [9.17, 15) is 0 Å². The molecule has 0 amide bonds. The number of nitrogens with zero attached hydrogens (tertiary/aromatic N) is 2. The molecule has 0 saturated carbocycles. The molecule has 1 aliphatic heterocycles. The summed E-state index contributed by atoms with van der Waals surface area (Å²) in [5, 5.41) is 6.86. The quantitative estimate of drug-likeness (QED) is 0.565. The van der Waals surface area contributed by atoms with Crippen LogP contribution in [0.1, 0.15) is 42.2 Å². The van der Waals surface area contributed by atoms with E-state index in [-0.39, 0.29) is 6.04 Å². The second-order valence-electron chi connectivity index (χ2n) is 7.25. The smallest absolute Gasteiger partial charge is 0.191 e. The summed E-state index contributed by atoms with van der Waals surface area (Å²) in [7, 11) is 3.50. The zero-order valence-electron chi connectivity index (χ0n) is 17.2. The van der Waals surface area contributed by atoms with Crippen LogP contribution in [0, 0.1) is 6.92 Å². The summed E-state index contributed by atoms with van der Waals surface area (Å²) < 4.78 is 11.2. The van der Waals surface area contributed by atoms with E-state index in [1.54, 1.807) is 20.4 Å². The fraction of sp³-hybridized carbons (Fsp3) is 0.500. The maximum Gasteiger partial charge on any atom is 0.191 e. The second-order valence-corrected chi connectivity index (χ2v) is 7.25. The molecule has 2 aromatic rings. The van der Waals surface area contributed by atoms with Gasteiger partial charge >= 0.3 is 0 Å². The molecule has 1 aromatic heterocycles. The van der Waals surface area contributed by atoms with E-state index in [1.807, 2.05) is 6.07 Å². The highest BCUT2D eigenvalue weighted by molar-refractivity contribution is 5.79. The number of aliphatic imine (C=N–C) groups is 1. The first kappa shape index (κ1) is 20.3. The molecule has 1 saturated heterocycles. The highest BCUT2D eigenvalue weighted by Gasteiger charge is 2.24. The zero-order valence-corrected chi connectivity index (χ0v) is 17.2. The Morgan fingerprint density at radius 2 is 2.04 bits per heavy atom. The third-order valence-corrected chi connectivity index (χ3v) is 5.28. The summed E-state index contributed by atoms with van der Waals surface area (Å²) in [6, 6.07) is 10.5. The van der Waals surface area contributed by atoms with Gasteiger partial charge in [0.25, 0.3) is 0 Å². The molecule has 1 aromatic carbocycles. The number of furan rings is 1. The Balaban J connectivity index is 1.60. The Labute approximate surface area is 168 Å². The van der Waals surface area contributed by atoms with Crippen LogP contribution in [0.25, 0.3) is 0 Å². The van der Waals surface area contributed by atoms with Crippen molar-refractivity contribution in [1.29, 1.82) is 0 Å². The van der Waals surface area contributed by atoms with Gasteiger partial charge in [0.05, 0.1) is 19.4 Å². The van der Waals surface area contributed by atoms with Gasteiger partial charge in [-0.15, -0.1) is 0 Å². The van der Waals surface area contributed by atoms with Gasteiger partial charge < -0.3 is 19.8 Å². The molecule has 1 unspecified atom stereocenters. The monoisotopic (exact) mass is 384 g/mol. The number of ether oxygens (including phenoxy) is 1. The molecule has 152 valence electrons. The lowest BCUT2D eigenvalue weighted by atomic mass is 10.1. The molecular weight excluding hydrogens is 352 g/mol. The van der Waals surface area contributed by atoms with Crippen LogP contribution in [0.15, 0.2) is 46.0 Å². The van der Waals surface area contributed by atoms with Crippen LogP contribution in [0.4, 0.5) is 0 Å². The summed E-state index contributed by atoms with van der Waals surface area (Å²) in [4.78, 5) is 6.88. The van der Waals surface area contributed by atoms with Crippen molar-refractivity contribution in [2.45, 2.75) is 38.8 Å². The Kier molecular flexibility index (Phi) is 7.37. The normalized spacial score (nSPS) is 16.6. The topological polar surface area (TPSA) is 62.0 Å². The molecule has 1 fully saturated rings.